The Bertz CT molecular complexity index is 561. The van der Waals surface area contributed by atoms with Crippen molar-refractivity contribution in [2.24, 2.45) is 5.92 Å². The molecule has 25 heavy (non-hydrogen) atoms. The summed E-state index contributed by atoms with van der Waals surface area (Å²) < 4.78 is 0. The Kier molecular flexibility index (Phi) is 7.72. The van der Waals surface area contributed by atoms with Crippen molar-refractivity contribution in [2.45, 2.75) is 38.1 Å². The van der Waals surface area contributed by atoms with Gasteiger partial charge in [-0.3, -0.25) is 9.59 Å². The predicted molar refractivity (Wildman–Crippen MR) is 101 cm³/mol. The lowest BCUT2D eigenvalue weighted by Crippen LogP contribution is -2.38. The minimum absolute atomic E-state index is 0. The number of amides is 2. The molecule has 0 aromatic heterocycles. The second-order valence-corrected chi connectivity index (χ2v) is 6.87. The summed E-state index contributed by atoms with van der Waals surface area (Å²) in [5.74, 6) is 0.899. The molecular weight excluding hydrogens is 338 g/mol. The van der Waals surface area contributed by atoms with Crippen LogP contribution in [0.3, 0.4) is 0 Å². The highest BCUT2D eigenvalue weighted by Gasteiger charge is 2.25. The van der Waals surface area contributed by atoms with Crippen molar-refractivity contribution in [3.8, 4) is 0 Å². The van der Waals surface area contributed by atoms with Gasteiger partial charge in [0.05, 0.1) is 6.04 Å². The molecule has 2 aliphatic heterocycles. The summed E-state index contributed by atoms with van der Waals surface area (Å²) in [7, 11) is 0. The van der Waals surface area contributed by atoms with Crippen molar-refractivity contribution >= 4 is 24.2 Å². The molecule has 2 amide bonds. The van der Waals surface area contributed by atoms with E-state index < -0.39 is 0 Å². The van der Waals surface area contributed by atoms with Gasteiger partial charge in [0.25, 0.3) is 0 Å². The maximum Gasteiger partial charge on any atom is 0.222 e. The fourth-order valence-corrected chi connectivity index (χ4v) is 3.60. The summed E-state index contributed by atoms with van der Waals surface area (Å²) in [6.07, 6.45) is 4.21. The number of hydrogen-bond donors (Lipinski definition) is 2. The van der Waals surface area contributed by atoms with E-state index in [1.54, 1.807) is 0 Å². The number of nitrogens with zero attached hydrogens (tertiary/aromatic N) is 1. The van der Waals surface area contributed by atoms with Crippen molar-refractivity contribution in [3.05, 3.63) is 35.9 Å². The summed E-state index contributed by atoms with van der Waals surface area (Å²) in [6.45, 7) is 3.46. The van der Waals surface area contributed by atoms with Crippen LogP contribution in [0.5, 0.6) is 0 Å². The fourth-order valence-electron chi connectivity index (χ4n) is 3.60. The molecule has 138 valence electrons. The molecule has 5 nitrogen and oxygen atoms in total. The van der Waals surface area contributed by atoms with E-state index in [-0.39, 0.29) is 30.3 Å². The SMILES string of the molecule is Cl.O=C(CCC1CCNC1)NC(CN1CCCC1=O)c1ccccc1. The maximum atomic E-state index is 12.4. The first-order valence-electron chi connectivity index (χ1n) is 9.05. The molecule has 0 saturated carbocycles. The van der Waals surface area contributed by atoms with Gasteiger partial charge in [-0.25, -0.2) is 0 Å². The summed E-state index contributed by atoms with van der Waals surface area (Å²) in [6, 6.07) is 9.84. The minimum Gasteiger partial charge on any atom is -0.348 e. The van der Waals surface area contributed by atoms with Gasteiger partial charge in [0.2, 0.25) is 11.8 Å². The standard InChI is InChI=1S/C19H27N3O2.ClH/c23-18(9-8-15-10-11-20-13-15)21-17(16-5-2-1-3-6-16)14-22-12-4-7-19(22)24;/h1-3,5-6,15,17,20H,4,7-14H2,(H,21,23);1H. The number of halogens is 1. The number of likely N-dealkylation sites (tertiary alicyclic amines) is 1. The van der Waals surface area contributed by atoms with Gasteiger partial charge in [-0.05, 0) is 43.8 Å². The zero-order valence-corrected chi connectivity index (χ0v) is 15.4. The van der Waals surface area contributed by atoms with Crippen LogP contribution in [-0.4, -0.2) is 42.9 Å². The number of benzene rings is 1. The Balaban J connectivity index is 0.00000225. The summed E-state index contributed by atoms with van der Waals surface area (Å²) in [4.78, 5) is 26.2. The van der Waals surface area contributed by atoms with Crippen LogP contribution >= 0.6 is 12.4 Å². The van der Waals surface area contributed by atoms with E-state index in [1.807, 2.05) is 35.2 Å². The Morgan fingerprint density at radius 3 is 2.76 bits per heavy atom. The van der Waals surface area contributed by atoms with E-state index in [2.05, 4.69) is 10.6 Å². The quantitative estimate of drug-likeness (QED) is 0.779. The molecule has 1 aromatic carbocycles. The summed E-state index contributed by atoms with van der Waals surface area (Å²) in [5, 5.41) is 6.49. The van der Waals surface area contributed by atoms with Crippen LogP contribution in [0.1, 0.15) is 43.7 Å². The topological polar surface area (TPSA) is 61.4 Å². The molecule has 1 aromatic rings. The predicted octanol–water partition coefficient (Wildman–Crippen LogP) is 2.28. The molecule has 2 N–H and O–H groups in total. The Morgan fingerprint density at radius 2 is 2.12 bits per heavy atom. The smallest absolute Gasteiger partial charge is 0.222 e. The third kappa shape index (κ3) is 5.72. The van der Waals surface area contributed by atoms with Gasteiger partial charge in [-0.15, -0.1) is 12.4 Å². The lowest BCUT2D eigenvalue weighted by molar-refractivity contribution is -0.129. The van der Waals surface area contributed by atoms with Crippen LogP contribution in [0.25, 0.3) is 0 Å². The molecule has 0 spiro atoms. The molecule has 3 rings (SSSR count). The van der Waals surface area contributed by atoms with Gasteiger partial charge in [-0.1, -0.05) is 30.3 Å². The van der Waals surface area contributed by atoms with E-state index in [9.17, 15) is 9.59 Å². The molecule has 6 heteroatoms. The number of hydrogen-bond acceptors (Lipinski definition) is 3. The van der Waals surface area contributed by atoms with Gasteiger partial charge in [0, 0.05) is 25.9 Å². The zero-order valence-electron chi connectivity index (χ0n) is 14.6. The first-order chi connectivity index (χ1) is 11.7. The van der Waals surface area contributed by atoms with Crippen LogP contribution in [0.15, 0.2) is 30.3 Å². The zero-order chi connectivity index (χ0) is 16.8. The first kappa shape index (κ1) is 19.7. The second-order valence-electron chi connectivity index (χ2n) is 6.87. The number of rotatable bonds is 7. The first-order valence-corrected chi connectivity index (χ1v) is 9.05. The highest BCUT2D eigenvalue weighted by atomic mass is 35.5. The molecule has 0 bridgehead atoms. The van der Waals surface area contributed by atoms with Crippen LogP contribution in [0.4, 0.5) is 0 Å². The van der Waals surface area contributed by atoms with Crippen LogP contribution in [-0.2, 0) is 9.59 Å². The van der Waals surface area contributed by atoms with Gasteiger partial charge in [0.1, 0.15) is 0 Å². The lowest BCUT2D eigenvalue weighted by Gasteiger charge is -2.25. The van der Waals surface area contributed by atoms with E-state index in [0.717, 1.165) is 44.5 Å². The van der Waals surface area contributed by atoms with Crippen LogP contribution in [0, 0.1) is 5.92 Å². The highest BCUT2D eigenvalue weighted by molar-refractivity contribution is 5.85. The number of carbonyl (C=O) groups is 2. The third-order valence-corrected chi connectivity index (χ3v) is 5.05. The normalized spacial score (nSPS) is 21.0. The highest BCUT2D eigenvalue weighted by Crippen LogP contribution is 2.20. The van der Waals surface area contributed by atoms with Crippen molar-refractivity contribution in [1.29, 1.82) is 0 Å². The van der Waals surface area contributed by atoms with Crippen molar-refractivity contribution in [3.63, 3.8) is 0 Å². The van der Waals surface area contributed by atoms with Crippen molar-refractivity contribution in [1.82, 2.24) is 15.5 Å². The average Bonchev–Trinajstić information content (AvgIpc) is 3.25. The van der Waals surface area contributed by atoms with Gasteiger partial charge >= 0.3 is 0 Å². The largest absolute Gasteiger partial charge is 0.348 e. The van der Waals surface area contributed by atoms with Gasteiger partial charge in [-0.2, -0.15) is 0 Å². The third-order valence-electron chi connectivity index (χ3n) is 5.05. The number of carbonyl (C=O) groups excluding carboxylic acids is 2. The Morgan fingerprint density at radius 1 is 1.32 bits per heavy atom. The van der Waals surface area contributed by atoms with Gasteiger partial charge < -0.3 is 15.5 Å². The van der Waals surface area contributed by atoms with E-state index in [0.29, 0.717) is 25.3 Å². The maximum absolute atomic E-state index is 12.4. The molecule has 2 heterocycles. The lowest BCUT2D eigenvalue weighted by atomic mass is 10.0. The van der Waals surface area contributed by atoms with Crippen molar-refractivity contribution in [2.75, 3.05) is 26.2 Å². The van der Waals surface area contributed by atoms with E-state index in [4.69, 9.17) is 0 Å². The second kappa shape index (κ2) is 9.78. The monoisotopic (exact) mass is 365 g/mol. The average molecular weight is 366 g/mol. The fraction of sp³-hybridized carbons (Fsp3) is 0.579. The molecule has 0 radical (unpaired) electrons. The number of nitrogens with one attached hydrogen (secondary N) is 2. The van der Waals surface area contributed by atoms with Crippen LogP contribution in [0.2, 0.25) is 0 Å². The molecule has 2 atom stereocenters. The molecule has 2 fully saturated rings. The summed E-state index contributed by atoms with van der Waals surface area (Å²) in [5.41, 5.74) is 1.06. The molecule has 0 aliphatic carbocycles. The molecular formula is C19H28ClN3O2. The molecule has 2 unspecified atom stereocenters. The van der Waals surface area contributed by atoms with E-state index >= 15 is 0 Å². The van der Waals surface area contributed by atoms with Crippen LogP contribution < -0.4 is 10.6 Å². The van der Waals surface area contributed by atoms with E-state index in [1.165, 1.54) is 0 Å². The van der Waals surface area contributed by atoms with Gasteiger partial charge in [0.15, 0.2) is 0 Å². The summed E-state index contributed by atoms with van der Waals surface area (Å²) >= 11 is 0. The van der Waals surface area contributed by atoms with Crippen molar-refractivity contribution < 1.29 is 9.59 Å². The minimum atomic E-state index is -0.123. The Hall–Kier alpha value is -1.59. The molecule has 2 saturated heterocycles. The molecule has 2 aliphatic rings. The Labute approximate surface area is 155 Å².